The number of likely N-dealkylation sites (tertiary alicyclic amines) is 1. The van der Waals surface area contributed by atoms with E-state index < -0.39 is 17.5 Å². The summed E-state index contributed by atoms with van der Waals surface area (Å²) in [7, 11) is 0. The van der Waals surface area contributed by atoms with E-state index in [1.54, 1.807) is 12.1 Å². The van der Waals surface area contributed by atoms with E-state index in [0.717, 1.165) is 12.2 Å². The molecule has 6 nitrogen and oxygen atoms in total. The summed E-state index contributed by atoms with van der Waals surface area (Å²) in [4.78, 5) is 13.5. The number of carbonyl (C=O) groups excluding carboxylic acids is 1. The van der Waals surface area contributed by atoms with Gasteiger partial charge < -0.3 is 20.3 Å². The topological polar surface area (TPSA) is 82.0 Å². The van der Waals surface area contributed by atoms with Crippen LogP contribution in [-0.2, 0) is 11.2 Å². The third kappa shape index (κ3) is 3.93. The normalized spacial score (nSPS) is 28.7. The van der Waals surface area contributed by atoms with Crippen molar-refractivity contribution in [2.24, 2.45) is 5.92 Å². The molecule has 1 saturated carbocycles. The predicted molar refractivity (Wildman–Crippen MR) is 113 cm³/mol. The summed E-state index contributed by atoms with van der Waals surface area (Å²) in [5.74, 6) is 0.311. The molecule has 2 aromatic carbocycles. The zero-order chi connectivity index (χ0) is 21.6. The van der Waals surface area contributed by atoms with E-state index in [-0.39, 0.29) is 36.5 Å². The Morgan fingerprint density at radius 3 is 2.81 bits per heavy atom. The van der Waals surface area contributed by atoms with E-state index in [2.05, 4.69) is 5.32 Å². The van der Waals surface area contributed by atoms with Crippen molar-refractivity contribution in [2.75, 3.05) is 25.0 Å². The van der Waals surface area contributed by atoms with E-state index in [9.17, 15) is 19.4 Å². The Hall–Kier alpha value is -2.48. The molecule has 1 unspecified atom stereocenters. The summed E-state index contributed by atoms with van der Waals surface area (Å²) >= 11 is 0. The minimum absolute atomic E-state index is 0.0298. The van der Waals surface area contributed by atoms with Crippen LogP contribution in [0.3, 0.4) is 0 Å². The lowest BCUT2D eigenvalue weighted by molar-refractivity contribution is -0.116. The van der Waals surface area contributed by atoms with Gasteiger partial charge in [0.1, 0.15) is 17.7 Å². The van der Waals surface area contributed by atoms with Crippen molar-refractivity contribution < 1.29 is 24.1 Å². The van der Waals surface area contributed by atoms with Gasteiger partial charge in [-0.15, -0.1) is 0 Å². The van der Waals surface area contributed by atoms with Gasteiger partial charge in [-0.3, -0.25) is 9.69 Å². The van der Waals surface area contributed by atoms with Crippen LogP contribution in [0.25, 0.3) is 0 Å². The molecule has 0 spiro atoms. The number of benzene rings is 2. The number of carbonyl (C=O) groups is 1. The molecule has 2 aromatic rings. The number of fused-ring (bicyclic) bond motifs is 2. The molecule has 164 valence electrons. The summed E-state index contributed by atoms with van der Waals surface area (Å²) in [6, 6.07) is 12.8. The van der Waals surface area contributed by atoms with Crippen molar-refractivity contribution in [1.82, 2.24) is 4.90 Å². The molecule has 2 fully saturated rings. The number of hydrogen-bond donors (Lipinski definition) is 3. The smallest absolute Gasteiger partial charge is 0.224 e. The van der Waals surface area contributed by atoms with Crippen molar-refractivity contribution in [2.45, 2.75) is 43.5 Å². The maximum absolute atomic E-state index is 15.0. The SMILES string of the molecule is O=C1CCc2c(ccc(C(O)CN3C[C@H]4C[C@H](Oc5ccccc5)C[C@@]4(O)C3)c2F)N1. The van der Waals surface area contributed by atoms with Gasteiger partial charge in [0, 0.05) is 55.2 Å². The average molecular weight is 426 g/mol. The molecule has 2 aliphatic heterocycles. The third-order valence-corrected chi connectivity index (χ3v) is 6.85. The van der Waals surface area contributed by atoms with Crippen LogP contribution in [0.2, 0.25) is 0 Å². The lowest BCUT2D eigenvalue weighted by Gasteiger charge is -2.26. The number of para-hydroxylation sites is 1. The van der Waals surface area contributed by atoms with Crippen LogP contribution >= 0.6 is 0 Å². The van der Waals surface area contributed by atoms with Gasteiger partial charge in [-0.2, -0.15) is 0 Å². The van der Waals surface area contributed by atoms with Crippen LogP contribution in [0.1, 0.15) is 36.5 Å². The summed E-state index contributed by atoms with van der Waals surface area (Å²) < 4.78 is 21.0. The molecule has 31 heavy (non-hydrogen) atoms. The zero-order valence-corrected chi connectivity index (χ0v) is 17.3. The van der Waals surface area contributed by atoms with Crippen molar-refractivity contribution in [3.05, 3.63) is 59.4 Å². The van der Waals surface area contributed by atoms with Gasteiger partial charge in [-0.05, 0) is 31.0 Å². The maximum atomic E-state index is 15.0. The summed E-state index contributed by atoms with van der Waals surface area (Å²) in [5.41, 5.74) is 0.329. The standard InChI is InChI=1S/C24H27FN2O4/c25-23-18-7-9-22(29)26-20(18)8-6-19(23)21(28)13-27-12-15-10-17(11-24(15,30)14-27)31-16-4-2-1-3-5-16/h1-6,8,15,17,21,28,30H,7,9-14H2,(H,26,29)/t15-,17+,21?,24-/m1/s1. The largest absolute Gasteiger partial charge is 0.490 e. The Kier molecular flexibility index (Phi) is 5.20. The number of amides is 1. The molecule has 5 rings (SSSR count). The van der Waals surface area contributed by atoms with E-state index in [4.69, 9.17) is 4.74 Å². The highest BCUT2D eigenvalue weighted by Gasteiger charge is 2.52. The Morgan fingerprint density at radius 1 is 1.23 bits per heavy atom. The predicted octanol–water partition coefficient (Wildman–Crippen LogP) is 2.65. The van der Waals surface area contributed by atoms with E-state index in [1.807, 2.05) is 35.2 Å². The molecule has 2 heterocycles. The van der Waals surface area contributed by atoms with Crippen LogP contribution in [0, 0.1) is 11.7 Å². The van der Waals surface area contributed by atoms with Crippen molar-refractivity contribution >= 4 is 11.6 Å². The van der Waals surface area contributed by atoms with Gasteiger partial charge in [0.15, 0.2) is 0 Å². The number of halogens is 1. The first-order valence-corrected chi connectivity index (χ1v) is 10.9. The Bertz CT molecular complexity index is 985. The highest BCUT2D eigenvalue weighted by Crippen LogP contribution is 2.43. The molecule has 0 radical (unpaired) electrons. The van der Waals surface area contributed by atoms with Crippen molar-refractivity contribution in [3.8, 4) is 5.75 Å². The molecular weight excluding hydrogens is 399 g/mol. The number of nitrogens with one attached hydrogen (secondary N) is 1. The monoisotopic (exact) mass is 426 g/mol. The zero-order valence-electron chi connectivity index (χ0n) is 17.3. The number of aliphatic hydroxyl groups excluding tert-OH is 1. The van der Waals surface area contributed by atoms with Crippen LogP contribution < -0.4 is 10.1 Å². The molecule has 0 bridgehead atoms. The van der Waals surface area contributed by atoms with Crippen LogP contribution in [0.4, 0.5) is 10.1 Å². The number of aliphatic hydroxyl groups is 2. The average Bonchev–Trinajstić information content (AvgIpc) is 3.18. The van der Waals surface area contributed by atoms with Gasteiger partial charge in [0.2, 0.25) is 5.91 Å². The Balaban J connectivity index is 1.22. The number of nitrogens with zero attached hydrogens (tertiary/aromatic N) is 1. The van der Waals surface area contributed by atoms with Gasteiger partial charge in [0.05, 0.1) is 11.7 Å². The molecule has 3 N–H and O–H groups in total. The number of β-amino-alcohol motifs (C(OH)–C–C–N with tert-alkyl or cyclic N) is 2. The highest BCUT2D eigenvalue weighted by atomic mass is 19.1. The fourth-order valence-electron chi connectivity index (χ4n) is 5.36. The van der Waals surface area contributed by atoms with E-state index >= 15 is 0 Å². The fourth-order valence-corrected chi connectivity index (χ4v) is 5.36. The van der Waals surface area contributed by atoms with Gasteiger partial charge in [0.25, 0.3) is 0 Å². The van der Waals surface area contributed by atoms with Crippen molar-refractivity contribution in [3.63, 3.8) is 0 Å². The maximum Gasteiger partial charge on any atom is 0.224 e. The molecule has 1 saturated heterocycles. The number of ether oxygens (including phenoxy) is 1. The summed E-state index contributed by atoms with van der Waals surface area (Å²) in [6.07, 6.45) is 0.856. The first-order chi connectivity index (χ1) is 14.9. The number of hydrogen-bond acceptors (Lipinski definition) is 5. The molecular formula is C24H27FN2O4. The second kappa shape index (κ2) is 7.89. The first kappa shape index (κ1) is 20.4. The van der Waals surface area contributed by atoms with Crippen LogP contribution in [-0.4, -0.2) is 52.4 Å². The molecule has 0 aromatic heterocycles. The van der Waals surface area contributed by atoms with Gasteiger partial charge in [-0.25, -0.2) is 4.39 Å². The minimum atomic E-state index is -0.998. The Morgan fingerprint density at radius 2 is 2.03 bits per heavy atom. The third-order valence-electron chi connectivity index (χ3n) is 6.85. The molecule has 7 heteroatoms. The number of rotatable bonds is 5. The molecule has 1 amide bonds. The van der Waals surface area contributed by atoms with Gasteiger partial charge in [-0.1, -0.05) is 24.3 Å². The summed E-state index contributed by atoms with van der Waals surface area (Å²) in [5, 5.41) is 24.6. The van der Waals surface area contributed by atoms with Crippen LogP contribution in [0.15, 0.2) is 42.5 Å². The van der Waals surface area contributed by atoms with E-state index in [1.165, 1.54) is 0 Å². The second-order valence-corrected chi connectivity index (χ2v) is 9.05. The molecule has 1 aliphatic carbocycles. The first-order valence-electron chi connectivity index (χ1n) is 10.9. The van der Waals surface area contributed by atoms with Crippen molar-refractivity contribution in [1.29, 1.82) is 0 Å². The quantitative estimate of drug-likeness (QED) is 0.685. The second-order valence-electron chi connectivity index (χ2n) is 9.05. The fraction of sp³-hybridized carbons (Fsp3) is 0.458. The number of anilines is 1. The lowest BCUT2D eigenvalue weighted by Crippen LogP contribution is -2.36. The highest BCUT2D eigenvalue weighted by molar-refractivity contribution is 5.94. The minimum Gasteiger partial charge on any atom is -0.490 e. The summed E-state index contributed by atoms with van der Waals surface area (Å²) in [6.45, 7) is 1.34. The molecule has 3 aliphatic rings. The molecule has 4 atom stereocenters. The van der Waals surface area contributed by atoms with Gasteiger partial charge >= 0.3 is 0 Å². The Labute approximate surface area is 180 Å². The lowest BCUT2D eigenvalue weighted by atomic mass is 9.95. The van der Waals surface area contributed by atoms with Crippen LogP contribution in [0.5, 0.6) is 5.75 Å². The van der Waals surface area contributed by atoms with E-state index in [0.29, 0.717) is 37.2 Å².